The Hall–Kier alpha value is -2.90. The van der Waals surface area contributed by atoms with Crippen molar-refractivity contribution < 1.29 is 26.7 Å². The van der Waals surface area contributed by atoms with E-state index in [9.17, 15) is 22.0 Å². The standard InChI is InChI=1S/C11H8F5N5O/c12-10(13)22-8-2-1-5(3-6(8)11(14,15)16)20-21-7(4-17)9(18)19/h1-3,10,20H,(H3,18,19)/b21-7+. The van der Waals surface area contributed by atoms with Crippen molar-refractivity contribution in [2.45, 2.75) is 12.8 Å². The lowest BCUT2D eigenvalue weighted by Crippen LogP contribution is -2.22. The molecule has 0 aliphatic carbocycles. The van der Waals surface area contributed by atoms with Crippen molar-refractivity contribution in [2.24, 2.45) is 10.8 Å². The second-order valence-corrected chi connectivity index (χ2v) is 3.68. The minimum atomic E-state index is -4.94. The summed E-state index contributed by atoms with van der Waals surface area (Å²) in [6, 6.07) is 3.57. The van der Waals surface area contributed by atoms with E-state index in [0.29, 0.717) is 12.1 Å². The van der Waals surface area contributed by atoms with Gasteiger partial charge in [-0.15, -0.1) is 0 Å². The molecule has 1 rings (SSSR count). The summed E-state index contributed by atoms with van der Waals surface area (Å²) in [7, 11) is 0. The van der Waals surface area contributed by atoms with Crippen LogP contribution in [0.5, 0.6) is 5.75 Å². The molecular weight excluding hydrogens is 313 g/mol. The lowest BCUT2D eigenvalue weighted by molar-refractivity contribution is -0.141. The molecule has 4 N–H and O–H groups in total. The summed E-state index contributed by atoms with van der Waals surface area (Å²) in [5.41, 5.74) is 4.80. The summed E-state index contributed by atoms with van der Waals surface area (Å²) in [6.45, 7) is -3.42. The van der Waals surface area contributed by atoms with Crippen molar-refractivity contribution in [3.05, 3.63) is 23.8 Å². The maximum atomic E-state index is 12.8. The number of hydrazone groups is 1. The molecule has 0 aliphatic rings. The van der Waals surface area contributed by atoms with Gasteiger partial charge in [-0.2, -0.15) is 32.3 Å². The summed E-state index contributed by atoms with van der Waals surface area (Å²) in [4.78, 5) is 0. The number of hydrogen-bond donors (Lipinski definition) is 3. The fourth-order valence-electron chi connectivity index (χ4n) is 1.29. The Morgan fingerprint density at radius 1 is 1.41 bits per heavy atom. The van der Waals surface area contributed by atoms with E-state index in [2.05, 4.69) is 15.3 Å². The molecule has 11 heteroatoms. The molecule has 0 fully saturated rings. The van der Waals surface area contributed by atoms with E-state index in [1.165, 1.54) is 6.07 Å². The van der Waals surface area contributed by atoms with Crippen LogP contribution in [0.25, 0.3) is 0 Å². The molecule has 0 aliphatic heterocycles. The second kappa shape index (κ2) is 6.70. The van der Waals surface area contributed by atoms with Gasteiger partial charge in [-0.3, -0.25) is 10.8 Å². The predicted octanol–water partition coefficient (Wildman–Crippen LogP) is 2.53. The third-order valence-corrected chi connectivity index (χ3v) is 2.16. The maximum absolute atomic E-state index is 12.8. The molecule has 118 valence electrons. The Bertz CT molecular complexity index is 635. The van der Waals surface area contributed by atoms with Gasteiger partial charge in [0.05, 0.1) is 11.3 Å². The third kappa shape index (κ3) is 4.58. The summed E-state index contributed by atoms with van der Waals surface area (Å²) < 4.78 is 66.3. The topological polar surface area (TPSA) is 107 Å². The van der Waals surface area contributed by atoms with Crippen LogP contribution >= 0.6 is 0 Å². The first kappa shape index (κ1) is 17.2. The molecule has 0 aromatic heterocycles. The molecule has 6 nitrogen and oxygen atoms in total. The maximum Gasteiger partial charge on any atom is 0.420 e. The van der Waals surface area contributed by atoms with Crippen LogP contribution in [-0.4, -0.2) is 18.2 Å². The molecule has 0 radical (unpaired) electrons. The normalized spacial score (nSPS) is 12.0. The lowest BCUT2D eigenvalue weighted by atomic mass is 10.1. The largest absolute Gasteiger partial charge is 0.434 e. The fraction of sp³-hybridized carbons (Fsp3) is 0.182. The van der Waals surface area contributed by atoms with E-state index in [-0.39, 0.29) is 5.69 Å². The third-order valence-electron chi connectivity index (χ3n) is 2.16. The average molecular weight is 321 g/mol. The first-order valence-electron chi connectivity index (χ1n) is 5.39. The number of alkyl halides is 5. The smallest absolute Gasteiger partial charge is 0.420 e. The van der Waals surface area contributed by atoms with Gasteiger partial charge in [0.1, 0.15) is 11.8 Å². The minimum Gasteiger partial charge on any atom is -0.434 e. The van der Waals surface area contributed by atoms with Crippen LogP contribution in [0, 0.1) is 16.7 Å². The van der Waals surface area contributed by atoms with Gasteiger partial charge in [-0.1, -0.05) is 0 Å². The summed E-state index contributed by atoms with van der Waals surface area (Å²) >= 11 is 0. The van der Waals surface area contributed by atoms with Crippen molar-refractivity contribution in [1.82, 2.24) is 0 Å². The summed E-state index contributed by atoms with van der Waals surface area (Å²) in [5.74, 6) is -1.74. The highest BCUT2D eigenvalue weighted by Gasteiger charge is 2.35. The predicted molar refractivity (Wildman–Crippen MR) is 66.7 cm³/mol. The van der Waals surface area contributed by atoms with Crippen molar-refractivity contribution >= 4 is 17.2 Å². The van der Waals surface area contributed by atoms with Crippen molar-refractivity contribution in [3.8, 4) is 11.8 Å². The summed E-state index contributed by atoms with van der Waals surface area (Å²) in [6.07, 6.45) is -4.94. The first-order valence-corrected chi connectivity index (χ1v) is 5.39. The van der Waals surface area contributed by atoms with Gasteiger partial charge in [0, 0.05) is 0 Å². The number of nitrogens with two attached hydrogens (primary N) is 1. The zero-order chi connectivity index (χ0) is 16.9. The molecule has 0 heterocycles. The second-order valence-electron chi connectivity index (χ2n) is 3.68. The number of amidine groups is 1. The number of ether oxygens (including phenoxy) is 1. The van der Waals surface area contributed by atoms with Crippen LogP contribution < -0.4 is 15.9 Å². The Kier molecular flexibility index (Phi) is 5.23. The van der Waals surface area contributed by atoms with Gasteiger partial charge in [0.15, 0.2) is 5.84 Å². The molecule has 0 atom stereocenters. The molecule has 22 heavy (non-hydrogen) atoms. The quantitative estimate of drug-likeness (QED) is 0.335. The number of nitriles is 1. The molecule has 0 unspecified atom stereocenters. The van der Waals surface area contributed by atoms with Crippen LogP contribution in [0.2, 0.25) is 0 Å². The lowest BCUT2D eigenvalue weighted by Gasteiger charge is -2.14. The molecule has 0 saturated heterocycles. The highest BCUT2D eigenvalue weighted by Crippen LogP contribution is 2.38. The Labute approximate surface area is 120 Å². The van der Waals surface area contributed by atoms with Crippen molar-refractivity contribution in [1.29, 1.82) is 10.7 Å². The zero-order valence-corrected chi connectivity index (χ0v) is 10.6. The fourth-order valence-corrected chi connectivity index (χ4v) is 1.29. The van der Waals surface area contributed by atoms with Gasteiger partial charge >= 0.3 is 12.8 Å². The van der Waals surface area contributed by atoms with Gasteiger partial charge < -0.3 is 10.5 Å². The number of nitrogens with one attached hydrogen (secondary N) is 2. The van der Waals surface area contributed by atoms with E-state index >= 15 is 0 Å². The number of hydrogen-bond acceptors (Lipinski definition) is 5. The van der Waals surface area contributed by atoms with Crippen LogP contribution in [0.15, 0.2) is 23.3 Å². The highest BCUT2D eigenvalue weighted by atomic mass is 19.4. The van der Waals surface area contributed by atoms with Gasteiger partial charge in [0.25, 0.3) is 0 Å². The Balaban J connectivity index is 3.15. The van der Waals surface area contributed by atoms with E-state index < -0.39 is 35.6 Å². The highest BCUT2D eigenvalue weighted by molar-refractivity contribution is 6.45. The molecular formula is C11H8F5N5O. The first-order chi connectivity index (χ1) is 10.1. The molecule has 0 amide bonds. The molecule has 0 bridgehead atoms. The van der Waals surface area contributed by atoms with Crippen LogP contribution in [0.4, 0.5) is 27.6 Å². The van der Waals surface area contributed by atoms with Crippen molar-refractivity contribution in [2.75, 3.05) is 5.43 Å². The van der Waals surface area contributed by atoms with E-state index in [1.54, 1.807) is 0 Å². The van der Waals surface area contributed by atoms with Crippen LogP contribution in [-0.2, 0) is 6.18 Å². The van der Waals surface area contributed by atoms with E-state index in [4.69, 9.17) is 16.4 Å². The van der Waals surface area contributed by atoms with Gasteiger partial charge in [0.2, 0.25) is 5.71 Å². The van der Waals surface area contributed by atoms with Gasteiger partial charge in [-0.25, -0.2) is 0 Å². The van der Waals surface area contributed by atoms with Crippen LogP contribution in [0.1, 0.15) is 5.56 Å². The Morgan fingerprint density at radius 3 is 2.50 bits per heavy atom. The van der Waals surface area contributed by atoms with E-state index in [1.807, 2.05) is 0 Å². The monoisotopic (exact) mass is 321 g/mol. The van der Waals surface area contributed by atoms with Crippen LogP contribution in [0.3, 0.4) is 0 Å². The number of benzene rings is 1. The molecule has 1 aromatic rings. The SMILES string of the molecule is N#C/C(=N\Nc1ccc(OC(F)F)c(C(F)(F)F)c1)C(=N)N. The van der Waals surface area contributed by atoms with E-state index in [0.717, 1.165) is 6.07 Å². The summed E-state index contributed by atoms with van der Waals surface area (Å²) in [5, 5.41) is 18.9. The number of nitrogens with zero attached hydrogens (tertiary/aromatic N) is 2. The minimum absolute atomic E-state index is 0.261. The molecule has 0 saturated carbocycles. The Morgan fingerprint density at radius 2 is 2.05 bits per heavy atom. The van der Waals surface area contributed by atoms with Crippen molar-refractivity contribution in [3.63, 3.8) is 0 Å². The van der Waals surface area contributed by atoms with Gasteiger partial charge in [-0.05, 0) is 18.2 Å². The number of rotatable bonds is 5. The average Bonchev–Trinajstić information content (AvgIpc) is 2.38. The zero-order valence-electron chi connectivity index (χ0n) is 10.6. The molecule has 0 spiro atoms. The number of anilines is 1. The number of halogens is 5. The molecule has 1 aromatic carbocycles.